The molecule has 2 rings (SSSR count). The van der Waals surface area contributed by atoms with E-state index in [4.69, 9.17) is 0 Å². The lowest BCUT2D eigenvalue weighted by molar-refractivity contribution is 0.573. The molecule has 0 spiro atoms. The number of nitrogens with one attached hydrogen (secondary N) is 2. The fourth-order valence-corrected chi connectivity index (χ4v) is 3.89. The Morgan fingerprint density at radius 2 is 2.32 bits per heavy atom. The van der Waals surface area contributed by atoms with Gasteiger partial charge in [0.1, 0.15) is 0 Å². The fraction of sp³-hybridized carbons (Fsp3) is 0.364. The SMILES string of the molecule is CNCc1cc(S(=O)(=O)NCCn2ccnc2)cs1. The van der Waals surface area contributed by atoms with E-state index in [1.165, 1.54) is 11.3 Å². The number of hydrogen-bond acceptors (Lipinski definition) is 5. The summed E-state index contributed by atoms with van der Waals surface area (Å²) in [7, 11) is -1.58. The number of nitrogens with zero attached hydrogens (tertiary/aromatic N) is 2. The van der Waals surface area contributed by atoms with Crippen molar-refractivity contribution >= 4 is 21.4 Å². The zero-order valence-electron chi connectivity index (χ0n) is 10.5. The predicted octanol–water partition coefficient (Wildman–Crippen LogP) is 0.643. The molecule has 6 nitrogen and oxygen atoms in total. The third kappa shape index (κ3) is 3.87. The van der Waals surface area contributed by atoms with E-state index in [9.17, 15) is 8.42 Å². The number of aromatic nitrogens is 2. The second-order valence-electron chi connectivity index (χ2n) is 3.98. The molecule has 104 valence electrons. The van der Waals surface area contributed by atoms with Crippen LogP contribution in [0.5, 0.6) is 0 Å². The molecule has 0 radical (unpaired) electrons. The van der Waals surface area contributed by atoms with Gasteiger partial charge in [-0.2, -0.15) is 0 Å². The molecule has 8 heteroatoms. The summed E-state index contributed by atoms with van der Waals surface area (Å²) in [6.07, 6.45) is 5.12. The van der Waals surface area contributed by atoms with E-state index in [0.717, 1.165) is 4.88 Å². The smallest absolute Gasteiger partial charge is 0.241 e. The van der Waals surface area contributed by atoms with Gasteiger partial charge in [0, 0.05) is 42.3 Å². The molecule has 2 heterocycles. The Balaban J connectivity index is 1.93. The zero-order chi connectivity index (χ0) is 13.7. The van der Waals surface area contributed by atoms with Crippen molar-refractivity contribution in [2.75, 3.05) is 13.6 Å². The maximum atomic E-state index is 12.0. The van der Waals surface area contributed by atoms with Crippen molar-refractivity contribution in [3.05, 3.63) is 35.0 Å². The van der Waals surface area contributed by atoms with Crippen LogP contribution in [0, 0.1) is 0 Å². The highest BCUT2D eigenvalue weighted by Crippen LogP contribution is 2.18. The third-order valence-electron chi connectivity index (χ3n) is 2.51. The Bertz CT molecular complexity index is 604. The fourth-order valence-electron chi connectivity index (χ4n) is 1.58. The van der Waals surface area contributed by atoms with Gasteiger partial charge in [0.15, 0.2) is 0 Å². The van der Waals surface area contributed by atoms with Crippen LogP contribution in [0.15, 0.2) is 35.1 Å². The van der Waals surface area contributed by atoms with Crippen LogP contribution in [0.25, 0.3) is 0 Å². The van der Waals surface area contributed by atoms with E-state index >= 15 is 0 Å². The molecule has 0 aromatic carbocycles. The summed E-state index contributed by atoms with van der Waals surface area (Å²) >= 11 is 1.44. The third-order valence-corrected chi connectivity index (χ3v) is 5.04. The zero-order valence-corrected chi connectivity index (χ0v) is 12.2. The van der Waals surface area contributed by atoms with E-state index in [2.05, 4.69) is 15.0 Å². The maximum absolute atomic E-state index is 12.0. The second kappa shape index (κ2) is 6.29. The lowest BCUT2D eigenvalue weighted by atomic mass is 10.5. The summed E-state index contributed by atoms with van der Waals surface area (Å²) in [5.74, 6) is 0. The van der Waals surface area contributed by atoms with Crippen molar-refractivity contribution in [3.63, 3.8) is 0 Å². The molecule has 0 saturated carbocycles. The predicted molar refractivity (Wildman–Crippen MR) is 74.5 cm³/mol. The Hall–Kier alpha value is -1.22. The van der Waals surface area contributed by atoms with Crippen molar-refractivity contribution in [2.24, 2.45) is 0 Å². The van der Waals surface area contributed by atoms with Gasteiger partial charge in [-0.1, -0.05) is 0 Å². The van der Waals surface area contributed by atoms with E-state index in [0.29, 0.717) is 24.5 Å². The summed E-state index contributed by atoms with van der Waals surface area (Å²) < 4.78 is 28.5. The van der Waals surface area contributed by atoms with E-state index in [1.807, 2.05) is 11.6 Å². The van der Waals surface area contributed by atoms with Crippen LogP contribution in [0.4, 0.5) is 0 Å². The summed E-state index contributed by atoms with van der Waals surface area (Å²) in [6.45, 7) is 1.58. The standard InChI is InChI=1S/C11H16N4O2S2/c1-12-7-10-6-11(8-18-10)19(16,17)14-3-5-15-4-2-13-9-15/h2,4,6,8-9,12,14H,3,5,7H2,1H3. The normalized spacial score (nSPS) is 11.8. The van der Waals surface area contributed by atoms with Gasteiger partial charge in [0.25, 0.3) is 0 Å². The topological polar surface area (TPSA) is 76.0 Å². The number of sulfonamides is 1. The first-order valence-electron chi connectivity index (χ1n) is 5.79. The Morgan fingerprint density at radius 1 is 1.47 bits per heavy atom. The highest BCUT2D eigenvalue weighted by atomic mass is 32.2. The number of rotatable bonds is 7. The molecular formula is C11H16N4O2S2. The summed E-state index contributed by atoms with van der Waals surface area (Å²) in [5, 5.41) is 4.65. The van der Waals surface area contributed by atoms with Crippen LogP contribution in [0.2, 0.25) is 0 Å². The molecule has 0 amide bonds. The molecule has 2 aromatic rings. The molecule has 2 N–H and O–H groups in total. The van der Waals surface area contributed by atoms with Gasteiger partial charge in [0.2, 0.25) is 10.0 Å². The van der Waals surface area contributed by atoms with Crippen molar-refractivity contribution in [2.45, 2.75) is 18.0 Å². The van der Waals surface area contributed by atoms with Gasteiger partial charge in [0.05, 0.1) is 11.2 Å². The van der Waals surface area contributed by atoms with Crippen molar-refractivity contribution in [1.82, 2.24) is 19.6 Å². The average molecular weight is 300 g/mol. The number of hydrogen-bond donors (Lipinski definition) is 2. The molecule has 0 saturated heterocycles. The first-order chi connectivity index (χ1) is 9.12. The van der Waals surface area contributed by atoms with Crippen LogP contribution in [-0.4, -0.2) is 31.6 Å². The van der Waals surface area contributed by atoms with Crippen LogP contribution < -0.4 is 10.0 Å². The molecular weight excluding hydrogens is 284 g/mol. The van der Waals surface area contributed by atoms with Crippen LogP contribution in [0.3, 0.4) is 0 Å². The van der Waals surface area contributed by atoms with Crippen LogP contribution in [-0.2, 0) is 23.1 Å². The molecule has 0 unspecified atom stereocenters. The maximum Gasteiger partial charge on any atom is 0.241 e. The summed E-state index contributed by atoms with van der Waals surface area (Å²) in [5.41, 5.74) is 0. The molecule has 0 aliphatic carbocycles. The van der Waals surface area contributed by atoms with Gasteiger partial charge < -0.3 is 9.88 Å². The minimum Gasteiger partial charge on any atom is -0.336 e. The lowest BCUT2D eigenvalue weighted by Gasteiger charge is -2.05. The van der Waals surface area contributed by atoms with Crippen LogP contribution in [0.1, 0.15) is 4.88 Å². The molecule has 2 aromatic heterocycles. The molecule has 0 atom stereocenters. The monoisotopic (exact) mass is 300 g/mol. The first kappa shape index (κ1) is 14.2. The van der Waals surface area contributed by atoms with Gasteiger partial charge >= 0.3 is 0 Å². The van der Waals surface area contributed by atoms with E-state index < -0.39 is 10.0 Å². The molecule has 19 heavy (non-hydrogen) atoms. The minimum absolute atomic E-state index is 0.327. The molecule has 0 bridgehead atoms. The van der Waals surface area contributed by atoms with Gasteiger partial charge in [-0.25, -0.2) is 18.1 Å². The van der Waals surface area contributed by atoms with Gasteiger partial charge in [-0.05, 0) is 13.1 Å². The van der Waals surface area contributed by atoms with Crippen LogP contribution >= 0.6 is 11.3 Å². The van der Waals surface area contributed by atoms with Gasteiger partial charge in [-0.15, -0.1) is 11.3 Å². The van der Waals surface area contributed by atoms with E-state index in [1.54, 1.807) is 30.2 Å². The Morgan fingerprint density at radius 3 is 3.00 bits per heavy atom. The summed E-state index contributed by atoms with van der Waals surface area (Å²) in [6, 6.07) is 1.70. The molecule has 0 fully saturated rings. The number of thiophene rings is 1. The molecule has 0 aliphatic rings. The first-order valence-corrected chi connectivity index (χ1v) is 8.15. The Labute approximate surface area is 116 Å². The van der Waals surface area contributed by atoms with E-state index in [-0.39, 0.29) is 0 Å². The molecule has 0 aliphatic heterocycles. The van der Waals surface area contributed by atoms with Crippen molar-refractivity contribution < 1.29 is 8.42 Å². The lowest BCUT2D eigenvalue weighted by Crippen LogP contribution is -2.26. The largest absolute Gasteiger partial charge is 0.336 e. The quantitative estimate of drug-likeness (QED) is 0.787. The second-order valence-corrected chi connectivity index (χ2v) is 6.74. The average Bonchev–Trinajstić information content (AvgIpc) is 3.00. The van der Waals surface area contributed by atoms with Crippen molar-refractivity contribution in [3.8, 4) is 0 Å². The van der Waals surface area contributed by atoms with Crippen molar-refractivity contribution in [1.29, 1.82) is 0 Å². The number of imidazole rings is 1. The minimum atomic E-state index is -3.41. The summed E-state index contributed by atoms with van der Waals surface area (Å²) in [4.78, 5) is 5.22. The van der Waals surface area contributed by atoms with Gasteiger partial charge in [-0.3, -0.25) is 0 Å². The highest BCUT2D eigenvalue weighted by Gasteiger charge is 2.15. The highest BCUT2D eigenvalue weighted by molar-refractivity contribution is 7.89. The Kier molecular flexibility index (Phi) is 4.70.